The Morgan fingerprint density at radius 2 is 1.95 bits per heavy atom. The molecule has 0 spiro atoms. The molecule has 3 nitrogen and oxygen atoms in total. The van der Waals surface area contributed by atoms with Crippen molar-refractivity contribution in [3.05, 3.63) is 29.8 Å². The number of aliphatic hydroxyl groups excluding tert-OH is 1. The van der Waals surface area contributed by atoms with E-state index in [9.17, 15) is 5.11 Å². The summed E-state index contributed by atoms with van der Waals surface area (Å²) in [5.41, 5.74) is 2.55. The molecule has 0 amide bonds. The number of rotatable bonds is 9. The lowest BCUT2D eigenvalue weighted by Gasteiger charge is -2.26. The molecule has 0 saturated heterocycles. The van der Waals surface area contributed by atoms with Gasteiger partial charge in [-0.3, -0.25) is 0 Å². The van der Waals surface area contributed by atoms with Gasteiger partial charge in [0.25, 0.3) is 0 Å². The van der Waals surface area contributed by atoms with Crippen LogP contribution in [0, 0.1) is 0 Å². The minimum Gasteiger partial charge on any atom is -0.395 e. The van der Waals surface area contributed by atoms with Crippen LogP contribution in [0.4, 0.5) is 5.69 Å². The number of unbranched alkanes of at least 4 members (excludes halogenated alkanes) is 1. The van der Waals surface area contributed by atoms with Gasteiger partial charge in [-0.1, -0.05) is 45.4 Å². The lowest BCUT2D eigenvalue weighted by atomic mass is 10.1. The van der Waals surface area contributed by atoms with Crippen LogP contribution in [0.2, 0.25) is 0 Å². The van der Waals surface area contributed by atoms with E-state index in [0.29, 0.717) is 12.6 Å². The molecule has 0 aliphatic carbocycles. The van der Waals surface area contributed by atoms with E-state index >= 15 is 0 Å². The number of nitrogens with zero attached hydrogens (tertiary/aromatic N) is 1. The summed E-state index contributed by atoms with van der Waals surface area (Å²) in [6.45, 7) is 9.31. The summed E-state index contributed by atoms with van der Waals surface area (Å²) in [6, 6.07) is 8.96. The monoisotopic (exact) mass is 264 g/mol. The zero-order valence-corrected chi connectivity index (χ0v) is 12.5. The van der Waals surface area contributed by atoms with E-state index < -0.39 is 0 Å². The van der Waals surface area contributed by atoms with Gasteiger partial charge in [-0.2, -0.15) is 0 Å². The normalized spacial score (nSPS) is 11.0. The van der Waals surface area contributed by atoms with Crippen molar-refractivity contribution in [2.75, 3.05) is 24.6 Å². The van der Waals surface area contributed by atoms with Crippen LogP contribution in [0.15, 0.2) is 24.3 Å². The summed E-state index contributed by atoms with van der Waals surface area (Å²) in [7, 11) is 0. The van der Waals surface area contributed by atoms with Crippen molar-refractivity contribution >= 4 is 5.69 Å². The van der Waals surface area contributed by atoms with E-state index in [1.807, 2.05) is 0 Å². The average Bonchev–Trinajstić information content (AvgIpc) is 2.41. The number of aliphatic hydroxyl groups is 1. The Morgan fingerprint density at radius 1 is 1.21 bits per heavy atom. The summed E-state index contributed by atoms with van der Waals surface area (Å²) in [6.07, 6.45) is 2.33. The minimum absolute atomic E-state index is 0.204. The molecular weight excluding hydrogens is 236 g/mol. The zero-order chi connectivity index (χ0) is 14.1. The quantitative estimate of drug-likeness (QED) is 0.720. The molecule has 0 aliphatic rings. The second-order valence-corrected chi connectivity index (χ2v) is 5.23. The van der Waals surface area contributed by atoms with Gasteiger partial charge in [0.05, 0.1) is 6.61 Å². The predicted octanol–water partition coefficient (Wildman–Crippen LogP) is 2.78. The molecule has 1 aromatic rings. The molecule has 19 heavy (non-hydrogen) atoms. The first-order chi connectivity index (χ1) is 9.19. The van der Waals surface area contributed by atoms with Gasteiger partial charge >= 0.3 is 0 Å². The molecule has 0 aromatic heterocycles. The summed E-state index contributed by atoms with van der Waals surface area (Å²) in [4.78, 5) is 2.29. The van der Waals surface area contributed by atoms with E-state index in [1.54, 1.807) is 0 Å². The number of hydrogen-bond acceptors (Lipinski definition) is 3. The maximum absolute atomic E-state index is 9.25. The molecule has 0 unspecified atom stereocenters. The lowest BCUT2D eigenvalue weighted by Crippen LogP contribution is -2.30. The van der Waals surface area contributed by atoms with Crippen LogP contribution >= 0.6 is 0 Å². The summed E-state index contributed by atoms with van der Waals surface area (Å²) >= 11 is 0. The molecule has 0 heterocycles. The molecule has 3 heteroatoms. The second kappa shape index (κ2) is 8.94. The minimum atomic E-state index is 0.204. The van der Waals surface area contributed by atoms with Gasteiger partial charge in [0.1, 0.15) is 0 Å². The van der Waals surface area contributed by atoms with Crippen LogP contribution in [-0.4, -0.2) is 30.8 Å². The first-order valence-electron chi connectivity index (χ1n) is 7.36. The van der Waals surface area contributed by atoms with Crippen LogP contribution < -0.4 is 10.2 Å². The summed E-state index contributed by atoms with van der Waals surface area (Å²) in [5, 5.41) is 12.7. The standard InChI is InChI=1S/C16H28N2O/c1-4-5-10-18(11-12-19)16-9-7-6-8-15(16)13-17-14(2)3/h6-9,14,17,19H,4-5,10-13H2,1-3H3. The third-order valence-corrected chi connectivity index (χ3v) is 3.18. The molecule has 0 radical (unpaired) electrons. The Kier molecular flexibility index (Phi) is 7.53. The molecule has 0 fully saturated rings. The number of anilines is 1. The van der Waals surface area contributed by atoms with Gasteiger partial charge in [-0.25, -0.2) is 0 Å². The zero-order valence-electron chi connectivity index (χ0n) is 12.5. The maximum Gasteiger partial charge on any atom is 0.0606 e. The van der Waals surface area contributed by atoms with E-state index in [0.717, 1.165) is 19.5 Å². The highest BCUT2D eigenvalue weighted by atomic mass is 16.3. The fourth-order valence-corrected chi connectivity index (χ4v) is 2.11. The number of nitrogens with one attached hydrogen (secondary N) is 1. The fraction of sp³-hybridized carbons (Fsp3) is 0.625. The molecule has 0 bridgehead atoms. The fourth-order valence-electron chi connectivity index (χ4n) is 2.11. The van der Waals surface area contributed by atoms with Crippen molar-refractivity contribution in [3.8, 4) is 0 Å². The Bertz CT molecular complexity index is 352. The Hall–Kier alpha value is -1.06. The molecule has 1 rings (SSSR count). The molecule has 108 valence electrons. The molecule has 0 saturated carbocycles. The highest BCUT2D eigenvalue weighted by molar-refractivity contribution is 5.53. The van der Waals surface area contributed by atoms with Crippen molar-refractivity contribution in [3.63, 3.8) is 0 Å². The number of benzene rings is 1. The predicted molar refractivity (Wildman–Crippen MR) is 82.6 cm³/mol. The van der Waals surface area contributed by atoms with Gasteiger partial charge in [-0.15, -0.1) is 0 Å². The van der Waals surface area contributed by atoms with Crippen molar-refractivity contribution in [2.45, 2.75) is 46.2 Å². The Balaban J connectivity index is 2.81. The third-order valence-electron chi connectivity index (χ3n) is 3.18. The average molecular weight is 264 g/mol. The molecule has 0 aliphatic heterocycles. The Morgan fingerprint density at radius 3 is 2.58 bits per heavy atom. The van der Waals surface area contributed by atoms with Crippen LogP contribution in [0.1, 0.15) is 39.2 Å². The van der Waals surface area contributed by atoms with E-state index in [1.165, 1.54) is 17.7 Å². The first-order valence-corrected chi connectivity index (χ1v) is 7.36. The smallest absolute Gasteiger partial charge is 0.0606 e. The first kappa shape index (κ1) is 16.0. The van der Waals surface area contributed by atoms with Gasteiger partial charge in [0.2, 0.25) is 0 Å². The number of para-hydroxylation sites is 1. The van der Waals surface area contributed by atoms with E-state index in [-0.39, 0.29) is 6.61 Å². The van der Waals surface area contributed by atoms with Crippen molar-refractivity contribution < 1.29 is 5.11 Å². The van der Waals surface area contributed by atoms with Crippen molar-refractivity contribution in [1.29, 1.82) is 0 Å². The van der Waals surface area contributed by atoms with Crippen LogP contribution in [-0.2, 0) is 6.54 Å². The molecule has 2 N–H and O–H groups in total. The largest absolute Gasteiger partial charge is 0.395 e. The van der Waals surface area contributed by atoms with Gasteiger partial charge in [0.15, 0.2) is 0 Å². The van der Waals surface area contributed by atoms with Crippen LogP contribution in [0.25, 0.3) is 0 Å². The highest BCUT2D eigenvalue weighted by Gasteiger charge is 2.10. The Labute approximate surface area is 117 Å². The number of hydrogen-bond donors (Lipinski definition) is 2. The van der Waals surface area contributed by atoms with Crippen molar-refractivity contribution in [2.24, 2.45) is 0 Å². The van der Waals surface area contributed by atoms with Gasteiger partial charge < -0.3 is 15.3 Å². The van der Waals surface area contributed by atoms with Gasteiger partial charge in [0, 0.05) is 31.4 Å². The second-order valence-electron chi connectivity index (χ2n) is 5.23. The summed E-state index contributed by atoms with van der Waals surface area (Å²) in [5.74, 6) is 0. The molecular formula is C16H28N2O. The van der Waals surface area contributed by atoms with Gasteiger partial charge in [-0.05, 0) is 18.1 Å². The SMILES string of the molecule is CCCCN(CCO)c1ccccc1CNC(C)C. The van der Waals surface area contributed by atoms with Crippen LogP contribution in [0.3, 0.4) is 0 Å². The van der Waals surface area contributed by atoms with Crippen LogP contribution in [0.5, 0.6) is 0 Å². The molecule has 1 aromatic carbocycles. The van der Waals surface area contributed by atoms with E-state index in [4.69, 9.17) is 0 Å². The van der Waals surface area contributed by atoms with E-state index in [2.05, 4.69) is 55.3 Å². The third kappa shape index (κ3) is 5.62. The highest BCUT2D eigenvalue weighted by Crippen LogP contribution is 2.20. The maximum atomic E-state index is 9.25. The topological polar surface area (TPSA) is 35.5 Å². The summed E-state index contributed by atoms with van der Waals surface area (Å²) < 4.78 is 0. The van der Waals surface area contributed by atoms with Crippen molar-refractivity contribution in [1.82, 2.24) is 5.32 Å². The lowest BCUT2D eigenvalue weighted by molar-refractivity contribution is 0.301. The molecule has 0 atom stereocenters.